The molecule has 0 bridgehead atoms. The Balaban J connectivity index is 1.92. The summed E-state index contributed by atoms with van der Waals surface area (Å²) in [5.74, 6) is 0.435. The molecule has 2 aromatic rings. The predicted octanol–water partition coefficient (Wildman–Crippen LogP) is 4.75. The summed E-state index contributed by atoms with van der Waals surface area (Å²) >= 11 is 9.23. The fraction of sp³-hybridized carbons (Fsp3) is 0.235. The summed E-state index contributed by atoms with van der Waals surface area (Å²) in [6, 6.07) is 15.1. The van der Waals surface area contributed by atoms with Crippen LogP contribution in [-0.2, 0) is 4.79 Å². The lowest BCUT2D eigenvalue weighted by Crippen LogP contribution is -2.32. The van der Waals surface area contributed by atoms with Crippen LogP contribution in [0.15, 0.2) is 53.0 Å². The standard InChI is InChI=1S/C17H17BrClNO2/c1-2-15(12-6-4-3-5-7-12)20-17(21)11-22-16-9-8-13(19)10-14(16)18/h3-10,15H,2,11H2,1H3,(H,20,21)/t15-/m0/s1. The van der Waals surface area contributed by atoms with Crippen molar-refractivity contribution in [3.8, 4) is 5.75 Å². The first kappa shape index (κ1) is 16.8. The van der Waals surface area contributed by atoms with Crippen molar-refractivity contribution < 1.29 is 9.53 Å². The van der Waals surface area contributed by atoms with Crippen LogP contribution >= 0.6 is 27.5 Å². The van der Waals surface area contributed by atoms with E-state index in [9.17, 15) is 4.79 Å². The first-order valence-electron chi connectivity index (χ1n) is 7.02. The van der Waals surface area contributed by atoms with Crippen LogP contribution in [0.25, 0.3) is 0 Å². The van der Waals surface area contributed by atoms with E-state index in [4.69, 9.17) is 16.3 Å². The molecule has 0 fully saturated rings. The summed E-state index contributed by atoms with van der Waals surface area (Å²) in [7, 11) is 0. The molecular formula is C17H17BrClNO2. The first-order valence-corrected chi connectivity index (χ1v) is 8.19. The molecule has 3 nitrogen and oxygen atoms in total. The Morgan fingerprint density at radius 1 is 1.27 bits per heavy atom. The molecule has 0 spiro atoms. The summed E-state index contributed by atoms with van der Waals surface area (Å²) in [6.45, 7) is 2.00. The summed E-state index contributed by atoms with van der Waals surface area (Å²) < 4.78 is 6.24. The highest BCUT2D eigenvalue weighted by Gasteiger charge is 2.13. The van der Waals surface area contributed by atoms with E-state index in [1.54, 1.807) is 18.2 Å². The van der Waals surface area contributed by atoms with Crippen molar-refractivity contribution in [2.24, 2.45) is 0 Å². The zero-order valence-corrected chi connectivity index (χ0v) is 14.5. The van der Waals surface area contributed by atoms with Crippen molar-refractivity contribution in [1.82, 2.24) is 5.32 Å². The summed E-state index contributed by atoms with van der Waals surface area (Å²) in [6.07, 6.45) is 0.820. The molecule has 2 aromatic carbocycles. The van der Waals surface area contributed by atoms with Gasteiger partial charge in [-0.3, -0.25) is 4.79 Å². The van der Waals surface area contributed by atoms with Crippen LogP contribution in [-0.4, -0.2) is 12.5 Å². The largest absolute Gasteiger partial charge is 0.483 e. The smallest absolute Gasteiger partial charge is 0.258 e. The van der Waals surface area contributed by atoms with Crippen molar-refractivity contribution in [3.05, 3.63) is 63.6 Å². The predicted molar refractivity (Wildman–Crippen MR) is 92.3 cm³/mol. The van der Waals surface area contributed by atoms with Crippen LogP contribution in [0.5, 0.6) is 5.75 Å². The highest BCUT2D eigenvalue weighted by Crippen LogP contribution is 2.27. The molecule has 0 saturated heterocycles. The lowest BCUT2D eigenvalue weighted by molar-refractivity contribution is -0.123. The third kappa shape index (κ3) is 4.75. The van der Waals surface area contributed by atoms with Crippen LogP contribution in [0.2, 0.25) is 5.02 Å². The highest BCUT2D eigenvalue weighted by atomic mass is 79.9. The van der Waals surface area contributed by atoms with Crippen molar-refractivity contribution in [1.29, 1.82) is 0 Å². The minimum Gasteiger partial charge on any atom is -0.483 e. The Hall–Kier alpha value is -1.52. The molecule has 0 aliphatic heterocycles. The van der Waals surface area contributed by atoms with Crippen LogP contribution < -0.4 is 10.1 Å². The molecule has 1 N–H and O–H groups in total. The van der Waals surface area contributed by atoms with Crippen molar-refractivity contribution >= 4 is 33.4 Å². The van der Waals surface area contributed by atoms with Gasteiger partial charge in [0.15, 0.2) is 6.61 Å². The fourth-order valence-electron chi connectivity index (χ4n) is 2.08. The third-order valence-corrected chi connectivity index (χ3v) is 4.05. The minimum absolute atomic E-state index is 0.00837. The minimum atomic E-state index is -0.155. The number of ether oxygens (including phenoxy) is 1. The van der Waals surface area contributed by atoms with Gasteiger partial charge in [-0.25, -0.2) is 0 Å². The maximum atomic E-state index is 12.1. The Morgan fingerprint density at radius 2 is 2.00 bits per heavy atom. The molecule has 0 aromatic heterocycles. The van der Waals surface area contributed by atoms with Crippen molar-refractivity contribution in [3.63, 3.8) is 0 Å². The number of carbonyl (C=O) groups is 1. The zero-order chi connectivity index (χ0) is 15.9. The molecule has 1 atom stereocenters. The van der Waals surface area contributed by atoms with Crippen LogP contribution in [0, 0.1) is 0 Å². The lowest BCUT2D eigenvalue weighted by Gasteiger charge is -2.17. The topological polar surface area (TPSA) is 38.3 Å². The molecule has 116 valence electrons. The van der Waals surface area contributed by atoms with E-state index < -0.39 is 0 Å². The average Bonchev–Trinajstić information content (AvgIpc) is 2.52. The van der Waals surface area contributed by atoms with E-state index in [-0.39, 0.29) is 18.6 Å². The molecule has 1 amide bonds. The second kappa shape index (κ2) is 8.20. The van der Waals surface area contributed by atoms with Gasteiger partial charge in [0.2, 0.25) is 0 Å². The molecule has 0 aliphatic rings. The van der Waals surface area contributed by atoms with Gasteiger partial charge in [-0.2, -0.15) is 0 Å². The monoisotopic (exact) mass is 381 g/mol. The molecular weight excluding hydrogens is 366 g/mol. The number of rotatable bonds is 6. The van der Waals surface area contributed by atoms with Gasteiger partial charge in [-0.1, -0.05) is 48.9 Å². The Labute approximate surface area is 143 Å². The van der Waals surface area contributed by atoms with E-state index in [1.165, 1.54) is 0 Å². The zero-order valence-electron chi connectivity index (χ0n) is 12.2. The number of nitrogens with one attached hydrogen (secondary N) is 1. The molecule has 2 rings (SSSR count). The second-order valence-electron chi connectivity index (χ2n) is 4.80. The molecule has 0 aliphatic carbocycles. The summed E-state index contributed by atoms with van der Waals surface area (Å²) in [4.78, 5) is 12.1. The normalized spacial score (nSPS) is 11.8. The second-order valence-corrected chi connectivity index (χ2v) is 6.09. The SMILES string of the molecule is CC[C@H](NC(=O)COc1ccc(Cl)cc1Br)c1ccccc1. The molecule has 0 radical (unpaired) electrons. The van der Waals surface area contributed by atoms with Crippen LogP contribution in [0.3, 0.4) is 0 Å². The number of amides is 1. The van der Waals surface area contributed by atoms with Gasteiger partial charge in [-0.05, 0) is 46.1 Å². The molecule has 0 heterocycles. The van der Waals surface area contributed by atoms with Gasteiger partial charge in [0.1, 0.15) is 5.75 Å². The van der Waals surface area contributed by atoms with Crippen LogP contribution in [0.4, 0.5) is 0 Å². The van der Waals surface area contributed by atoms with E-state index in [0.29, 0.717) is 10.8 Å². The van der Waals surface area contributed by atoms with Gasteiger partial charge in [0, 0.05) is 5.02 Å². The van der Waals surface area contributed by atoms with Gasteiger partial charge < -0.3 is 10.1 Å². The maximum Gasteiger partial charge on any atom is 0.258 e. The fourth-order valence-corrected chi connectivity index (χ4v) is 2.88. The summed E-state index contributed by atoms with van der Waals surface area (Å²) in [5.41, 5.74) is 1.09. The number of hydrogen-bond acceptors (Lipinski definition) is 2. The van der Waals surface area contributed by atoms with Gasteiger partial charge in [-0.15, -0.1) is 0 Å². The van der Waals surface area contributed by atoms with Crippen LogP contribution in [0.1, 0.15) is 24.9 Å². The highest BCUT2D eigenvalue weighted by molar-refractivity contribution is 9.10. The molecule has 5 heteroatoms. The lowest BCUT2D eigenvalue weighted by atomic mass is 10.0. The number of carbonyl (C=O) groups excluding carboxylic acids is 1. The van der Waals surface area contributed by atoms with E-state index >= 15 is 0 Å². The van der Waals surface area contributed by atoms with Gasteiger partial charge in [0.05, 0.1) is 10.5 Å². The average molecular weight is 383 g/mol. The molecule has 0 saturated carbocycles. The van der Waals surface area contributed by atoms with Crippen molar-refractivity contribution in [2.45, 2.75) is 19.4 Å². The van der Waals surface area contributed by atoms with Gasteiger partial charge >= 0.3 is 0 Å². The summed E-state index contributed by atoms with van der Waals surface area (Å²) in [5, 5.41) is 3.59. The maximum absolute atomic E-state index is 12.1. The number of hydrogen-bond donors (Lipinski definition) is 1. The van der Waals surface area contributed by atoms with Gasteiger partial charge in [0.25, 0.3) is 5.91 Å². The Bertz CT molecular complexity index is 634. The van der Waals surface area contributed by atoms with E-state index in [0.717, 1.165) is 16.5 Å². The Kier molecular flexibility index (Phi) is 6.28. The number of halogens is 2. The van der Waals surface area contributed by atoms with E-state index in [1.807, 2.05) is 37.3 Å². The van der Waals surface area contributed by atoms with Crippen molar-refractivity contribution in [2.75, 3.05) is 6.61 Å². The third-order valence-electron chi connectivity index (χ3n) is 3.20. The molecule has 22 heavy (non-hydrogen) atoms. The molecule has 0 unspecified atom stereocenters. The Morgan fingerprint density at radius 3 is 2.64 bits per heavy atom. The first-order chi connectivity index (χ1) is 10.6. The quantitative estimate of drug-likeness (QED) is 0.783. The number of benzene rings is 2. The van der Waals surface area contributed by atoms with E-state index in [2.05, 4.69) is 21.2 Å².